The molecule has 2 aromatic carbocycles. The van der Waals surface area contributed by atoms with E-state index in [1.54, 1.807) is 37.3 Å². The van der Waals surface area contributed by atoms with E-state index in [-0.39, 0.29) is 12.3 Å². The minimum Gasteiger partial charge on any atom is -0.489 e. The fourth-order valence-electron chi connectivity index (χ4n) is 1.86. The average molecular weight is 303 g/mol. The van der Waals surface area contributed by atoms with E-state index in [0.717, 1.165) is 5.56 Å². The van der Waals surface area contributed by atoms with Crippen molar-refractivity contribution in [3.05, 3.63) is 68.2 Å². The highest BCUT2D eigenvalue weighted by Gasteiger charge is 2.13. The second-order valence-electron chi connectivity index (χ2n) is 4.36. The Kier molecular flexibility index (Phi) is 4.41. The summed E-state index contributed by atoms with van der Waals surface area (Å²) in [6, 6.07) is 11.6. The number of hydrogen-bond donors (Lipinski definition) is 0. The summed E-state index contributed by atoms with van der Waals surface area (Å²) >= 11 is 5.92. The van der Waals surface area contributed by atoms with Gasteiger partial charge in [-0.1, -0.05) is 23.7 Å². The Hall–Kier alpha value is -2.58. The molecule has 0 unspecified atom stereocenters. The quantitative estimate of drug-likeness (QED) is 0.631. The monoisotopic (exact) mass is 302 g/mol. The van der Waals surface area contributed by atoms with E-state index in [2.05, 4.69) is 0 Å². The topological polar surface area (TPSA) is 76.2 Å². The summed E-state index contributed by atoms with van der Waals surface area (Å²) in [6.45, 7) is 1.87. The van der Waals surface area contributed by atoms with Crippen molar-refractivity contribution in [2.24, 2.45) is 0 Å². The maximum atomic E-state index is 10.9. The molecule has 0 aromatic heterocycles. The lowest BCUT2D eigenvalue weighted by molar-refractivity contribution is -0.385. The Morgan fingerprint density at radius 3 is 2.76 bits per heavy atom. The zero-order chi connectivity index (χ0) is 15.4. The summed E-state index contributed by atoms with van der Waals surface area (Å²) < 4.78 is 5.57. The molecule has 0 heterocycles. The van der Waals surface area contributed by atoms with E-state index in [9.17, 15) is 10.1 Å². The molecule has 21 heavy (non-hydrogen) atoms. The Labute approximate surface area is 126 Å². The second kappa shape index (κ2) is 6.25. The molecule has 0 aliphatic heterocycles. The number of halogens is 1. The molecule has 0 aliphatic rings. The molecular formula is C15H11ClN2O3. The first-order valence-electron chi connectivity index (χ1n) is 6.08. The van der Waals surface area contributed by atoms with Gasteiger partial charge in [-0.15, -0.1) is 0 Å². The number of hydrogen-bond acceptors (Lipinski definition) is 4. The summed E-state index contributed by atoms with van der Waals surface area (Å²) in [4.78, 5) is 10.5. The maximum Gasteiger partial charge on any atom is 0.272 e. The molecule has 0 saturated heterocycles. The summed E-state index contributed by atoms with van der Waals surface area (Å²) in [7, 11) is 0. The van der Waals surface area contributed by atoms with Gasteiger partial charge in [0.25, 0.3) is 5.69 Å². The average Bonchev–Trinajstić information content (AvgIpc) is 2.46. The fourth-order valence-corrected chi connectivity index (χ4v) is 2.07. The third-order valence-electron chi connectivity index (χ3n) is 3.07. The smallest absolute Gasteiger partial charge is 0.272 e. The molecule has 6 heteroatoms. The molecular weight excluding hydrogens is 292 g/mol. The van der Waals surface area contributed by atoms with Crippen LogP contribution in [0.3, 0.4) is 0 Å². The number of ether oxygens (including phenoxy) is 1. The van der Waals surface area contributed by atoms with Crippen molar-refractivity contribution in [2.45, 2.75) is 13.5 Å². The van der Waals surface area contributed by atoms with Gasteiger partial charge in [0, 0.05) is 17.7 Å². The van der Waals surface area contributed by atoms with Gasteiger partial charge in [-0.2, -0.15) is 5.26 Å². The van der Waals surface area contributed by atoms with E-state index in [0.29, 0.717) is 21.9 Å². The summed E-state index contributed by atoms with van der Waals surface area (Å²) in [5, 5.41) is 20.0. The largest absolute Gasteiger partial charge is 0.489 e. The van der Waals surface area contributed by atoms with Crippen molar-refractivity contribution >= 4 is 17.3 Å². The highest BCUT2D eigenvalue weighted by Crippen LogP contribution is 2.25. The van der Waals surface area contributed by atoms with Crippen LogP contribution in [0.5, 0.6) is 5.75 Å². The fraction of sp³-hybridized carbons (Fsp3) is 0.133. The molecule has 2 rings (SSSR count). The Bertz CT molecular complexity index is 738. The third-order valence-corrected chi connectivity index (χ3v) is 3.38. The highest BCUT2D eigenvalue weighted by molar-refractivity contribution is 6.31. The van der Waals surface area contributed by atoms with Crippen LogP contribution in [0.15, 0.2) is 36.4 Å². The van der Waals surface area contributed by atoms with Gasteiger partial charge in [0.1, 0.15) is 18.4 Å². The third kappa shape index (κ3) is 3.30. The molecule has 0 aliphatic carbocycles. The first kappa shape index (κ1) is 14.8. The first-order valence-corrected chi connectivity index (χ1v) is 6.46. The van der Waals surface area contributed by atoms with Crippen LogP contribution in [0, 0.1) is 28.4 Å². The lowest BCUT2D eigenvalue weighted by atomic mass is 10.1. The second-order valence-corrected chi connectivity index (χ2v) is 4.77. The zero-order valence-corrected chi connectivity index (χ0v) is 11.9. The molecule has 0 N–H and O–H groups in total. The van der Waals surface area contributed by atoms with E-state index < -0.39 is 4.92 Å². The normalized spacial score (nSPS) is 9.95. The van der Waals surface area contributed by atoms with E-state index in [1.807, 2.05) is 6.07 Å². The molecule has 0 spiro atoms. The molecule has 0 atom stereocenters. The van der Waals surface area contributed by atoms with Gasteiger partial charge in [0.05, 0.1) is 15.5 Å². The van der Waals surface area contributed by atoms with Gasteiger partial charge in [-0.05, 0) is 24.6 Å². The van der Waals surface area contributed by atoms with Crippen molar-refractivity contribution in [3.63, 3.8) is 0 Å². The molecule has 5 nitrogen and oxygen atoms in total. The SMILES string of the molecule is Cc1c(COc2ccc(C#N)c(Cl)c2)cccc1[N+](=O)[O-]. The van der Waals surface area contributed by atoms with Crippen LogP contribution in [0.1, 0.15) is 16.7 Å². The van der Waals surface area contributed by atoms with E-state index >= 15 is 0 Å². The van der Waals surface area contributed by atoms with Crippen molar-refractivity contribution < 1.29 is 9.66 Å². The maximum absolute atomic E-state index is 10.9. The first-order chi connectivity index (χ1) is 10.0. The van der Waals surface area contributed by atoms with E-state index in [1.165, 1.54) is 6.07 Å². The predicted octanol–water partition coefficient (Wildman–Crippen LogP) is 4.01. The summed E-state index contributed by atoms with van der Waals surface area (Å²) in [6.07, 6.45) is 0. The van der Waals surface area contributed by atoms with Crippen LogP contribution in [0.4, 0.5) is 5.69 Å². The van der Waals surface area contributed by atoms with Gasteiger partial charge in [0.15, 0.2) is 0 Å². The Balaban J connectivity index is 2.17. The Morgan fingerprint density at radius 1 is 1.38 bits per heavy atom. The number of nitrogens with zero attached hydrogens (tertiary/aromatic N) is 2. The standard InChI is InChI=1S/C15H11ClN2O3/c1-10-12(3-2-4-15(10)18(19)20)9-21-13-6-5-11(8-17)14(16)7-13/h2-7H,9H2,1H3. The predicted molar refractivity (Wildman–Crippen MR) is 78.3 cm³/mol. The van der Waals surface area contributed by atoms with Crippen LogP contribution >= 0.6 is 11.6 Å². The number of benzene rings is 2. The van der Waals surface area contributed by atoms with Gasteiger partial charge >= 0.3 is 0 Å². The highest BCUT2D eigenvalue weighted by atomic mass is 35.5. The minimum absolute atomic E-state index is 0.0639. The lowest BCUT2D eigenvalue weighted by Gasteiger charge is -2.09. The van der Waals surface area contributed by atoms with Crippen LogP contribution in [0.25, 0.3) is 0 Å². The van der Waals surface area contributed by atoms with Gasteiger partial charge < -0.3 is 4.74 Å². The van der Waals surface area contributed by atoms with Gasteiger partial charge in [0.2, 0.25) is 0 Å². The number of nitro groups is 1. The van der Waals surface area contributed by atoms with Crippen molar-refractivity contribution in [1.82, 2.24) is 0 Å². The van der Waals surface area contributed by atoms with E-state index in [4.69, 9.17) is 21.6 Å². The van der Waals surface area contributed by atoms with Gasteiger partial charge in [-0.3, -0.25) is 10.1 Å². The summed E-state index contributed by atoms with van der Waals surface area (Å²) in [5.41, 5.74) is 1.73. The molecule has 2 aromatic rings. The molecule has 0 bridgehead atoms. The lowest BCUT2D eigenvalue weighted by Crippen LogP contribution is -2.01. The number of nitro benzene ring substituents is 1. The minimum atomic E-state index is -0.419. The zero-order valence-electron chi connectivity index (χ0n) is 11.2. The van der Waals surface area contributed by atoms with Crippen LogP contribution < -0.4 is 4.74 Å². The van der Waals surface area contributed by atoms with Crippen LogP contribution in [0.2, 0.25) is 5.02 Å². The number of nitriles is 1. The van der Waals surface area contributed by atoms with Crippen molar-refractivity contribution in [3.8, 4) is 11.8 Å². The summed E-state index contributed by atoms with van der Waals surface area (Å²) in [5.74, 6) is 0.505. The molecule has 0 fully saturated rings. The van der Waals surface area contributed by atoms with Crippen LogP contribution in [-0.2, 0) is 6.61 Å². The Morgan fingerprint density at radius 2 is 2.14 bits per heavy atom. The molecule has 0 radical (unpaired) electrons. The molecule has 0 saturated carbocycles. The van der Waals surface area contributed by atoms with Crippen LogP contribution in [-0.4, -0.2) is 4.92 Å². The molecule has 0 amide bonds. The van der Waals surface area contributed by atoms with Crippen molar-refractivity contribution in [1.29, 1.82) is 5.26 Å². The van der Waals surface area contributed by atoms with Gasteiger partial charge in [-0.25, -0.2) is 0 Å². The van der Waals surface area contributed by atoms with Crippen molar-refractivity contribution in [2.75, 3.05) is 0 Å². The molecule has 106 valence electrons. The number of rotatable bonds is 4.